The number of amides is 1. The van der Waals surface area contributed by atoms with E-state index in [9.17, 15) is 4.79 Å². The number of methoxy groups -OCH3 is 2. The number of hydrogen-bond donors (Lipinski definition) is 2. The highest BCUT2D eigenvalue weighted by Gasteiger charge is 2.13. The van der Waals surface area contributed by atoms with Gasteiger partial charge in [0.1, 0.15) is 0 Å². The highest BCUT2D eigenvalue weighted by Crippen LogP contribution is 1.97. The van der Waals surface area contributed by atoms with Crippen molar-refractivity contribution in [3.63, 3.8) is 0 Å². The van der Waals surface area contributed by atoms with E-state index in [1.807, 2.05) is 0 Å². The Kier molecular flexibility index (Phi) is 6.48. The van der Waals surface area contributed by atoms with E-state index in [-0.39, 0.29) is 25.0 Å². The van der Waals surface area contributed by atoms with Crippen LogP contribution in [-0.2, 0) is 14.3 Å². The maximum absolute atomic E-state index is 11.2. The number of aliphatic hydroxyl groups is 1. The average molecular weight is 191 g/mol. The molecule has 0 saturated heterocycles. The van der Waals surface area contributed by atoms with Crippen LogP contribution in [0.1, 0.15) is 13.3 Å². The highest BCUT2D eigenvalue weighted by molar-refractivity contribution is 5.76. The van der Waals surface area contributed by atoms with Crippen LogP contribution in [0.5, 0.6) is 0 Å². The third-order valence-electron chi connectivity index (χ3n) is 1.56. The molecule has 78 valence electrons. The first-order valence-electron chi connectivity index (χ1n) is 4.09. The van der Waals surface area contributed by atoms with Crippen LogP contribution in [-0.4, -0.2) is 44.2 Å². The van der Waals surface area contributed by atoms with Gasteiger partial charge >= 0.3 is 0 Å². The predicted octanol–water partition coefficient (Wildman–Crippen LogP) is -0.508. The van der Waals surface area contributed by atoms with Gasteiger partial charge < -0.3 is 19.9 Å². The van der Waals surface area contributed by atoms with Crippen molar-refractivity contribution >= 4 is 5.91 Å². The van der Waals surface area contributed by atoms with Crippen molar-refractivity contribution < 1.29 is 19.4 Å². The van der Waals surface area contributed by atoms with Crippen molar-refractivity contribution in [2.24, 2.45) is 0 Å². The van der Waals surface area contributed by atoms with Crippen molar-refractivity contribution in [3.05, 3.63) is 0 Å². The molecule has 0 aromatic carbocycles. The Bertz CT molecular complexity index is 147. The maximum Gasteiger partial charge on any atom is 0.225 e. The van der Waals surface area contributed by atoms with Gasteiger partial charge in [0.05, 0.1) is 13.0 Å². The fraction of sp³-hybridized carbons (Fsp3) is 0.875. The third-order valence-corrected chi connectivity index (χ3v) is 1.56. The van der Waals surface area contributed by atoms with E-state index in [1.54, 1.807) is 6.92 Å². The van der Waals surface area contributed by atoms with Gasteiger partial charge in [-0.2, -0.15) is 0 Å². The average Bonchev–Trinajstić information content (AvgIpc) is 2.13. The summed E-state index contributed by atoms with van der Waals surface area (Å²) in [6.07, 6.45) is -0.386. The lowest BCUT2D eigenvalue weighted by molar-refractivity contribution is -0.139. The molecule has 0 rings (SSSR count). The van der Waals surface area contributed by atoms with Gasteiger partial charge in [-0.1, -0.05) is 0 Å². The molecule has 0 aliphatic carbocycles. The Morgan fingerprint density at radius 1 is 1.46 bits per heavy atom. The summed E-state index contributed by atoms with van der Waals surface area (Å²) < 4.78 is 9.68. The standard InChI is InChI=1S/C8H17NO4/c1-6(5-10)9-7(11)4-8(12-2)13-3/h6,8,10H,4-5H2,1-3H3,(H,9,11). The minimum absolute atomic E-state index is 0.0730. The lowest BCUT2D eigenvalue weighted by atomic mass is 10.3. The summed E-state index contributed by atoms with van der Waals surface area (Å²) in [6, 6.07) is -0.234. The quantitative estimate of drug-likeness (QED) is 0.555. The van der Waals surface area contributed by atoms with Gasteiger partial charge in [-0.15, -0.1) is 0 Å². The molecule has 0 aromatic rings. The number of hydrogen-bond acceptors (Lipinski definition) is 4. The molecule has 0 fully saturated rings. The lowest BCUT2D eigenvalue weighted by Crippen LogP contribution is -2.37. The van der Waals surface area contributed by atoms with E-state index in [2.05, 4.69) is 5.32 Å². The second kappa shape index (κ2) is 6.82. The molecule has 0 bridgehead atoms. The summed E-state index contributed by atoms with van der Waals surface area (Å²) in [4.78, 5) is 11.2. The normalized spacial score (nSPS) is 13.0. The molecular weight excluding hydrogens is 174 g/mol. The molecule has 0 heterocycles. The van der Waals surface area contributed by atoms with Gasteiger partial charge in [0, 0.05) is 20.3 Å². The van der Waals surface area contributed by atoms with Gasteiger partial charge in [-0.25, -0.2) is 0 Å². The van der Waals surface area contributed by atoms with E-state index in [0.717, 1.165) is 0 Å². The largest absolute Gasteiger partial charge is 0.394 e. The summed E-state index contributed by atoms with van der Waals surface area (Å²) in [7, 11) is 2.94. The summed E-state index contributed by atoms with van der Waals surface area (Å²) >= 11 is 0. The zero-order valence-corrected chi connectivity index (χ0v) is 8.24. The molecule has 0 saturated carbocycles. The minimum Gasteiger partial charge on any atom is -0.394 e. The number of rotatable bonds is 6. The smallest absolute Gasteiger partial charge is 0.225 e. The van der Waals surface area contributed by atoms with Crippen molar-refractivity contribution in [2.45, 2.75) is 25.7 Å². The Morgan fingerprint density at radius 2 is 2.00 bits per heavy atom. The van der Waals surface area contributed by atoms with Crippen LogP contribution in [0.2, 0.25) is 0 Å². The molecule has 13 heavy (non-hydrogen) atoms. The minimum atomic E-state index is -0.522. The third kappa shape index (κ3) is 5.57. The van der Waals surface area contributed by atoms with Crippen molar-refractivity contribution in [3.8, 4) is 0 Å². The van der Waals surface area contributed by atoms with E-state index in [0.29, 0.717) is 0 Å². The van der Waals surface area contributed by atoms with Crippen molar-refractivity contribution in [1.82, 2.24) is 5.32 Å². The van der Waals surface area contributed by atoms with Crippen molar-refractivity contribution in [2.75, 3.05) is 20.8 Å². The number of nitrogens with one attached hydrogen (secondary N) is 1. The molecule has 0 aliphatic heterocycles. The second-order valence-corrected chi connectivity index (χ2v) is 2.76. The Morgan fingerprint density at radius 3 is 2.38 bits per heavy atom. The van der Waals surface area contributed by atoms with E-state index in [1.165, 1.54) is 14.2 Å². The molecule has 5 nitrogen and oxygen atoms in total. The van der Waals surface area contributed by atoms with Crippen molar-refractivity contribution in [1.29, 1.82) is 0 Å². The van der Waals surface area contributed by atoms with Gasteiger partial charge in [0.15, 0.2) is 6.29 Å². The Balaban J connectivity index is 3.72. The first kappa shape index (κ1) is 12.3. The molecule has 0 radical (unpaired) electrons. The summed E-state index contributed by atoms with van der Waals surface area (Å²) in [6.45, 7) is 1.64. The number of ether oxygens (including phenoxy) is 2. The van der Waals surface area contributed by atoms with E-state index in [4.69, 9.17) is 14.6 Å². The van der Waals surface area contributed by atoms with Gasteiger partial charge in [0.2, 0.25) is 5.91 Å². The maximum atomic E-state index is 11.2. The number of carbonyl (C=O) groups excluding carboxylic acids is 1. The molecule has 1 atom stereocenters. The van der Waals surface area contributed by atoms with E-state index >= 15 is 0 Å². The molecular formula is C8H17NO4. The monoisotopic (exact) mass is 191 g/mol. The second-order valence-electron chi connectivity index (χ2n) is 2.76. The van der Waals surface area contributed by atoms with Crippen LogP contribution < -0.4 is 5.32 Å². The molecule has 0 aromatic heterocycles. The fourth-order valence-corrected chi connectivity index (χ4v) is 0.794. The van der Waals surface area contributed by atoms with Gasteiger partial charge in [-0.3, -0.25) is 4.79 Å². The van der Waals surface area contributed by atoms with Gasteiger partial charge in [-0.05, 0) is 6.92 Å². The Labute approximate surface area is 78.0 Å². The number of carbonyl (C=O) groups is 1. The first-order valence-corrected chi connectivity index (χ1v) is 4.09. The Hall–Kier alpha value is -0.650. The van der Waals surface area contributed by atoms with Gasteiger partial charge in [0.25, 0.3) is 0 Å². The lowest BCUT2D eigenvalue weighted by Gasteiger charge is -2.15. The molecule has 1 unspecified atom stereocenters. The molecule has 1 amide bonds. The summed E-state index contributed by atoms with van der Waals surface area (Å²) in [5, 5.41) is 11.2. The zero-order chi connectivity index (χ0) is 10.3. The van der Waals surface area contributed by atoms with Crippen LogP contribution in [0, 0.1) is 0 Å². The zero-order valence-electron chi connectivity index (χ0n) is 8.24. The molecule has 0 aliphatic rings. The van der Waals surface area contributed by atoms with Crippen LogP contribution in [0.4, 0.5) is 0 Å². The SMILES string of the molecule is COC(CC(=O)NC(C)CO)OC. The topological polar surface area (TPSA) is 67.8 Å². The van der Waals surface area contributed by atoms with Crippen LogP contribution in [0.25, 0.3) is 0 Å². The molecule has 2 N–H and O–H groups in total. The summed E-state index contributed by atoms with van der Waals surface area (Å²) in [5.41, 5.74) is 0. The van der Waals surface area contributed by atoms with Crippen LogP contribution >= 0.6 is 0 Å². The summed E-state index contributed by atoms with van der Waals surface area (Å²) in [5.74, 6) is -0.199. The number of aliphatic hydroxyl groups excluding tert-OH is 1. The predicted molar refractivity (Wildman–Crippen MR) is 47.1 cm³/mol. The molecule has 0 spiro atoms. The van der Waals surface area contributed by atoms with Crippen LogP contribution in [0.3, 0.4) is 0 Å². The van der Waals surface area contributed by atoms with E-state index < -0.39 is 6.29 Å². The fourth-order valence-electron chi connectivity index (χ4n) is 0.794. The highest BCUT2D eigenvalue weighted by atomic mass is 16.7. The molecule has 5 heteroatoms. The van der Waals surface area contributed by atoms with Crippen LogP contribution in [0.15, 0.2) is 0 Å². The first-order chi connectivity index (χ1) is 6.13.